The Balaban J connectivity index is 2.43. The summed E-state index contributed by atoms with van der Waals surface area (Å²) in [5, 5.41) is 23.4. The van der Waals surface area contributed by atoms with Crippen molar-refractivity contribution in [1.29, 1.82) is 0 Å². The smallest absolute Gasteiger partial charge is 0.390 e. The summed E-state index contributed by atoms with van der Waals surface area (Å²) in [6.07, 6.45) is 0.472. The van der Waals surface area contributed by atoms with E-state index in [0.29, 0.717) is 0 Å². The van der Waals surface area contributed by atoms with Crippen LogP contribution in [0.5, 0.6) is 0 Å². The lowest BCUT2D eigenvalue weighted by Crippen LogP contribution is -2.24. The van der Waals surface area contributed by atoms with E-state index in [1.54, 1.807) is 0 Å². The summed E-state index contributed by atoms with van der Waals surface area (Å²) < 4.78 is 6.40. The molecule has 1 heterocycles. The van der Waals surface area contributed by atoms with Crippen LogP contribution < -0.4 is 0 Å². The van der Waals surface area contributed by atoms with E-state index in [1.165, 1.54) is 11.0 Å². The van der Waals surface area contributed by atoms with Gasteiger partial charge in [-0.1, -0.05) is 4.98 Å². The normalized spacial score (nSPS) is 13.0. The number of aromatic nitrogens is 3. The van der Waals surface area contributed by atoms with Crippen LogP contribution in [0, 0.1) is 10.1 Å². The molecule has 1 rings (SSSR count). The number of nitro groups is 1. The third-order valence-corrected chi connectivity index (χ3v) is 1.71. The summed E-state index contributed by atoms with van der Waals surface area (Å²) in [7, 11) is 0. The van der Waals surface area contributed by atoms with Gasteiger partial charge < -0.3 is 20.0 Å². The summed E-state index contributed by atoms with van der Waals surface area (Å²) in [5.74, 6) is -0.475. The molecule has 1 atom stereocenters. The highest BCUT2D eigenvalue weighted by Crippen LogP contribution is 2.01. The van der Waals surface area contributed by atoms with Gasteiger partial charge in [-0.15, -0.1) is 0 Å². The van der Waals surface area contributed by atoms with E-state index < -0.39 is 17.0 Å². The molecule has 90 valence electrons. The highest BCUT2D eigenvalue weighted by atomic mass is 16.6. The molecular formula is C8H14N4O4. The molecule has 0 aliphatic heterocycles. The molecule has 1 N–H and O–H groups in total. The van der Waals surface area contributed by atoms with Crippen LogP contribution in [0.4, 0.5) is 5.95 Å². The van der Waals surface area contributed by atoms with Crippen LogP contribution in [0.15, 0.2) is 6.33 Å². The number of aliphatic hydroxyl groups is 1. The summed E-state index contributed by atoms with van der Waals surface area (Å²) >= 11 is 0. The largest absolute Gasteiger partial charge is 0.490 e. The molecule has 0 aromatic carbocycles. The van der Waals surface area contributed by atoms with Gasteiger partial charge in [0.05, 0.1) is 25.4 Å². The van der Waals surface area contributed by atoms with E-state index in [2.05, 4.69) is 10.1 Å². The summed E-state index contributed by atoms with van der Waals surface area (Å²) in [6.45, 7) is 3.99. The summed E-state index contributed by atoms with van der Waals surface area (Å²) in [4.78, 5) is 13.1. The molecule has 0 aliphatic rings. The maximum absolute atomic E-state index is 10.3. The van der Waals surface area contributed by atoms with Crippen molar-refractivity contribution >= 4 is 5.95 Å². The molecule has 0 spiro atoms. The second kappa shape index (κ2) is 5.52. The number of aliphatic hydroxyl groups excluding tert-OH is 1. The van der Waals surface area contributed by atoms with Gasteiger partial charge >= 0.3 is 5.95 Å². The fourth-order valence-corrected chi connectivity index (χ4v) is 1.03. The molecular weight excluding hydrogens is 216 g/mol. The van der Waals surface area contributed by atoms with Gasteiger partial charge in [-0.25, -0.2) is 0 Å². The third kappa shape index (κ3) is 3.91. The zero-order chi connectivity index (χ0) is 12.1. The number of hydrogen-bond donors (Lipinski definition) is 1. The molecule has 0 aliphatic carbocycles. The van der Waals surface area contributed by atoms with Crippen molar-refractivity contribution in [2.24, 2.45) is 0 Å². The number of ether oxygens (including phenoxy) is 1. The second-order valence-corrected chi connectivity index (χ2v) is 3.56. The van der Waals surface area contributed by atoms with Crippen LogP contribution in [-0.2, 0) is 11.3 Å². The van der Waals surface area contributed by atoms with Gasteiger partial charge in [-0.05, 0) is 18.8 Å². The first-order valence-corrected chi connectivity index (χ1v) is 4.82. The topological polar surface area (TPSA) is 103 Å². The van der Waals surface area contributed by atoms with Crippen molar-refractivity contribution in [3.8, 4) is 0 Å². The Morgan fingerprint density at radius 2 is 2.38 bits per heavy atom. The van der Waals surface area contributed by atoms with Crippen molar-refractivity contribution in [2.75, 3.05) is 6.61 Å². The van der Waals surface area contributed by atoms with Gasteiger partial charge in [0, 0.05) is 5.10 Å². The maximum atomic E-state index is 10.3. The van der Waals surface area contributed by atoms with Gasteiger partial charge in [-0.3, -0.25) is 0 Å². The Labute approximate surface area is 92.0 Å². The first-order valence-electron chi connectivity index (χ1n) is 4.82. The van der Waals surface area contributed by atoms with Crippen LogP contribution in [-0.4, -0.2) is 43.6 Å². The molecule has 0 bridgehead atoms. The van der Waals surface area contributed by atoms with E-state index in [4.69, 9.17) is 4.74 Å². The molecule has 0 saturated heterocycles. The van der Waals surface area contributed by atoms with Crippen LogP contribution in [0.2, 0.25) is 0 Å². The fraction of sp³-hybridized carbons (Fsp3) is 0.750. The van der Waals surface area contributed by atoms with E-state index >= 15 is 0 Å². The van der Waals surface area contributed by atoms with Crippen molar-refractivity contribution in [1.82, 2.24) is 14.8 Å². The average molecular weight is 230 g/mol. The summed E-state index contributed by atoms with van der Waals surface area (Å²) in [6, 6.07) is 0. The van der Waals surface area contributed by atoms with Crippen molar-refractivity contribution in [3.63, 3.8) is 0 Å². The SMILES string of the molecule is CC(C)OCC(O)Cn1cnc([N+](=O)[O-])n1. The standard InChI is InChI=1S/C8H14N4O4/c1-6(2)16-4-7(13)3-11-5-9-8(10-11)12(14)15/h5-7,13H,3-4H2,1-2H3. The summed E-state index contributed by atoms with van der Waals surface area (Å²) in [5.41, 5.74) is 0. The molecule has 0 radical (unpaired) electrons. The molecule has 1 aromatic heterocycles. The fourth-order valence-electron chi connectivity index (χ4n) is 1.03. The second-order valence-electron chi connectivity index (χ2n) is 3.56. The van der Waals surface area contributed by atoms with Gasteiger partial charge in [0.15, 0.2) is 0 Å². The third-order valence-electron chi connectivity index (χ3n) is 1.71. The minimum atomic E-state index is -0.760. The van der Waals surface area contributed by atoms with Gasteiger partial charge in [0.1, 0.15) is 0 Å². The quantitative estimate of drug-likeness (QED) is 0.543. The number of hydrogen-bond acceptors (Lipinski definition) is 6. The van der Waals surface area contributed by atoms with Crippen molar-refractivity contribution in [2.45, 2.75) is 32.6 Å². The highest BCUT2D eigenvalue weighted by molar-refractivity contribution is 4.96. The Morgan fingerprint density at radius 3 is 2.88 bits per heavy atom. The molecule has 1 unspecified atom stereocenters. The van der Waals surface area contributed by atoms with Crippen LogP contribution in [0.25, 0.3) is 0 Å². The monoisotopic (exact) mass is 230 g/mol. The predicted octanol–water partition coefficient (Wildman–Crippen LogP) is -0.0278. The lowest BCUT2D eigenvalue weighted by molar-refractivity contribution is -0.394. The van der Waals surface area contributed by atoms with Crippen molar-refractivity contribution in [3.05, 3.63) is 16.4 Å². The van der Waals surface area contributed by atoms with Gasteiger partial charge in [-0.2, -0.15) is 4.68 Å². The Bertz CT molecular complexity index is 352. The molecule has 8 nitrogen and oxygen atoms in total. The van der Waals surface area contributed by atoms with Gasteiger partial charge in [0.25, 0.3) is 0 Å². The lowest BCUT2D eigenvalue weighted by atomic mass is 10.4. The molecule has 1 aromatic rings. The first kappa shape index (κ1) is 12.5. The lowest BCUT2D eigenvalue weighted by Gasteiger charge is -2.11. The van der Waals surface area contributed by atoms with Crippen LogP contribution in [0.1, 0.15) is 13.8 Å². The minimum Gasteiger partial charge on any atom is -0.390 e. The van der Waals surface area contributed by atoms with Crippen molar-refractivity contribution < 1.29 is 14.8 Å². The van der Waals surface area contributed by atoms with Crippen LogP contribution in [0.3, 0.4) is 0 Å². The molecule has 0 fully saturated rings. The highest BCUT2D eigenvalue weighted by Gasteiger charge is 2.15. The van der Waals surface area contributed by atoms with E-state index in [1.807, 2.05) is 13.8 Å². The number of rotatable bonds is 6. The first-order chi connectivity index (χ1) is 7.49. The average Bonchev–Trinajstić information content (AvgIpc) is 2.63. The molecule has 8 heteroatoms. The van der Waals surface area contributed by atoms with Crippen LogP contribution >= 0.6 is 0 Å². The Hall–Kier alpha value is -1.54. The molecule has 0 saturated carbocycles. The van der Waals surface area contributed by atoms with E-state index in [-0.39, 0.29) is 19.3 Å². The van der Waals surface area contributed by atoms with E-state index in [9.17, 15) is 15.2 Å². The van der Waals surface area contributed by atoms with E-state index in [0.717, 1.165) is 0 Å². The zero-order valence-electron chi connectivity index (χ0n) is 9.11. The predicted molar refractivity (Wildman–Crippen MR) is 53.8 cm³/mol. The molecule has 16 heavy (non-hydrogen) atoms. The Kier molecular flexibility index (Phi) is 4.32. The van der Waals surface area contributed by atoms with Gasteiger partial charge in [0.2, 0.25) is 6.33 Å². The maximum Gasteiger partial charge on any atom is 0.490 e. The number of nitrogens with zero attached hydrogens (tertiary/aromatic N) is 4. The zero-order valence-corrected chi connectivity index (χ0v) is 9.11. The molecule has 0 amide bonds. The minimum absolute atomic E-state index is 0.0275. The Morgan fingerprint density at radius 1 is 1.69 bits per heavy atom.